The first-order chi connectivity index (χ1) is 10.2. The summed E-state index contributed by atoms with van der Waals surface area (Å²) in [6, 6.07) is 2.93. The molecule has 1 atom stereocenters. The molecular formula is C14H17N3O3S. The smallest absolute Gasteiger partial charge is 0.264 e. The zero-order chi connectivity index (χ0) is 15.2. The summed E-state index contributed by atoms with van der Waals surface area (Å²) in [5.74, 6) is 5.26. The molecule has 0 saturated carbocycles. The zero-order valence-electron chi connectivity index (χ0n) is 11.7. The van der Waals surface area contributed by atoms with Crippen molar-refractivity contribution in [1.29, 1.82) is 0 Å². The summed E-state index contributed by atoms with van der Waals surface area (Å²) in [5.41, 5.74) is 5.32. The van der Waals surface area contributed by atoms with E-state index in [2.05, 4.69) is 17.2 Å². The lowest BCUT2D eigenvalue weighted by molar-refractivity contribution is -0.130. The Morgan fingerprint density at radius 2 is 2.38 bits per heavy atom. The number of thiophene rings is 1. The van der Waals surface area contributed by atoms with E-state index in [1.807, 2.05) is 0 Å². The lowest BCUT2D eigenvalue weighted by Crippen LogP contribution is -2.55. The van der Waals surface area contributed by atoms with Crippen molar-refractivity contribution >= 4 is 23.2 Å². The molecule has 2 rings (SSSR count). The van der Waals surface area contributed by atoms with Crippen molar-refractivity contribution in [1.82, 2.24) is 10.2 Å². The van der Waals surface area contributed by atoms with Crippen molar-refractivity contribution in [2.24, 2.45) is 5.73 Å². The minimum Gasteiger partial charge on any atom is -0.377 e. The summed E-state index contributed by atoms with van der Waals surface area (Å²) >= 11 is 1.30. The Balaban J connectivity index is 2.16. The van der Waals surface area contributed by atoms with Crippen molar-refractivity contribution < 1.29 is 14.3 Å². The molecule has 21 heavy (non-hydrogen) atoms. The van der Waals surface area contributed by atoms with Gasteiger partial charge in [0.05, 0.1) is 29.5 Å². The summed E-state index contributed by atoms with van der Waals surface area (Å²) in [5, 5.41) is 2.56. The average Bonchev–Trinajstić information content (AvgIpc) is 3.00. The third-order valence-electron chi connectivity index (χ3n) is 3.07. The number of ether oxygens (including phenoxy) is 1. The first-order valence-electron chi connectivity index (χ1n) is 6.56. The summed E-state index contributed by atoms with van der Waals surface area (Å²) in [4.78, 5) is 27.3. The Kier molecular flexibility index (Phi) is 5.33. The van der Waals surface area contributed by atoms with Gasteiger partial charge in [-0.3, -0.25) is 9.59 Å². The molecule has 1 aromatic rings. The minimum atomic E-state index is -0.586. The molecule has 0 aliphatic carbocycles. The number of nitrogens with two attached hydrogens (primary N) is 1. The molecule has 3 N–H and O–H groups in total. The second kappa shape index (κ2) is 7.22. The molecule has 1 fully saturated rings. The Bertz CT molecular complexity index is 588. The zero-order valence-corrected chi connectivity index (χ0v) is 12.5. The van der Waals surface area contributed by atoms with Crippen LogP contribution in [0, 0.1) is 11.8 Å². The molecule has 1 aliphatic heterocycles. The highest BCUT2D eigenvalue weighted by atomic mass is 32.1. The van der Waals surface area contributed by atoms with E-state index in [-0.39, 0.29) is 25.0 Å². The number of carbonyl (C=O) groups excluding carboxylic acids is 2. The van der Waals surface area contributed by atoms with Gasteiger partial charge in [0, 0.05) is 13.6 Å². The van der Waals surface area contributed by atoms with E-state index in [1.165, 1.54) is 11.3 Å². The Labute approximate surface area is 127 Å². The summed E-state index contributed by atoms with van der Waals surface area (Å²) in [6.07, 6.45) is 0. The molecule has 1 unspecified atom stereocenters. The number of hydrogen-bond donors (Lipinski definition) is 2. The van der Waals surface area contributed by atoms with Crippen molar-refractivity contribution in [3.8, 4) is 11.8 Å². The molecule has 1 aliphatic rings. The number of nitrogens with one attached hydrogen (secondary N) is 1. The Morgan fingerprint density at radius 3 is 3.10 bits per heavy atom. The first kappa shape index (κ1) is 15.5. The molecule has 1 saturated heterocycles. The fourth-order valence-electron chi connectivity index (χ4n) is 2.03. The first-order valence-corrected chi connectivity index (χ1v) is 7.38. The highest BCUT2D eigenvalue weighted by Crippen LogP contribution is 2.20. The summed E-state index contributed by atoms with van der Waals surface area (Å²) in [7, 11) is 1.55. The Hall–Kier alpha value is -1.88. The molecule has 0 spiro atoms. The van der Waals surface area contributed by atoms with Gasteiger partial charge in [-0.15, -0.1) is 11.3 Å². The van der Waals surface area contributed by atoms with Crippen LogP contribution in [0.25, 0.3) is 0 Å². The van der Waals surface area contributed by atoms with Gasteiger partial charge in [0.15, 0.2) is 0 Å². The highest BCUT2D eigenvalue weighted by Gasteiger charge is 2.33. The van der Waals surface area contributed by atoms with Crippen LogP contribution >= 0.6 is 11.3 Å². The molecule has 0 radical (unpaired) electrons. The van der Waals surface area contributed by atoms with Crippen LogP contribution in [0.1, 0.15) is 14.5 Å². The maximum absolute atomic E-state index is 12.5. The predicted octanol–water partition coefficient (Wildman–Crippen LogP) is -0.355. The topological polar surface area (TPSA) is 84.7 Å². The van der Waals surface area contributed by atoms with Gasteiger partial charge in [-0.05, 0) is 12.1 Å². The second-order valence-electron chi connectivity index (χ2n) is 4.37. The van der Waals surface area contributed by atoms with Gasteiger partial charge < -0.3 is 20.7 Å². The van der Waals surface area contributed by atoms with Crippen molar-refractivity contribution in [2.75, 3.05) is 33.4 Å². The van der Waals surface area contributed by atoms with Crippen LogP contribution in [0.5, 0.6) is 0 Å². The summed E-state index contributed by atoms with van der Waals surface area (Å²) in [6.45, 7) is 1.34. The third kappa shape index (κ3) is 3.61. The van der Waals surface area contributed by atoms with Crippen LogP contribution in [-0.4, -0.2) is 56.1 Å². The number of rotatable bonds is 2. The van der Waals surface area contributed by atoms with E-state index < -0.39 is 6.04 Å². The SMILES string of the molecule is CNC(=O)C1COCCN1C(=O)c1ccc(C#CCN)s1. The van der Waals surface area contributed by atoms with Crippen LogP contribution in [0.15, 0.2) is 12.1 Å². The standard InChI is InChI=1S/C14H17N3O3S/c1-16-13(18)11-9-20-8-7-17(11)14(19)12-5-4-10(21-12)3-2-6-15/h4-5,11H,6-9,15H2,1H3,(H,16,18). The molecule has 0 aromatic carbocycles. The number of nitrogens with zero attached hydrogens (tertiary/aromatic N) is 1. The van der Waals surface area contributed by atoms with E-state index >= 15 is 0 Å². The van der Waals surface area contributed by atoms with Gasteiger partial charge in [0.25, 0.3) is 5.91 Å². The van der Waals surface area contributed by atoms with Gasteiger partial charge in [-0.1, -0.05) is 11.8 Å². The molecule has 2 amide bonds. The quantitative estimate of drug-likeness (QED) is 0.731. The minimum absolute atomic E-state index is 0.169. The van der Waals surface area contributed by atoms with Crippen LogP contribution < -0.4 is 11.1 Å². The highest BCUT2D eigenvalue weighted by molar-refractivity contribution is 7.14. The maximum Gasteiger partial charge on any atom is 0.264 e. The number of carbonyl (C=O) groups is 2. The fourth-order valence-corrected chi connectivity index (χ4v) is 2.87. The lowest BCUT2D eigenvalue weighted by Gasteiger charge is -2.33. The van der Waals surface area contributed by atoms with E-state index in [0.717, 1.165) is 4.88 Å². The van der Waals surface area contributed by atoms with Gasteiger partial charge in [-0.2, -0.15) is 0 Å². The molecule has 2 heterocycles. The maximum atomic E-state index is 12.5. The number of hydrogen-bond acceptors (Lipinski definition) is 5. The average molecular weight is 307 g/mol. The van der Waals surface area contributed by atoms with E-state index in [1.54, 1.807) is 24.1 Å². The van der Waals surface area contributed by atoms with Crippen LogP contribution in [-0.2, 0) is 9.53 Å². The molecule has 112 valence electrons. The Morgan fingerprint density at radius 1 is 1.57 bits per heavy atom. The molecule has 6 nitrogen and oxygen atoms in total. The number of amides is 2. The second-order valence-corrected chi connectivity index (χ2v) is 5.46. The molecular weight excluding hydrogens is 290 g/mol. The van der Waals surface area contributed by atoms with Crippen molar-refractivity contribution in [2.45, 2.75) is 6.04 Å². The van der Waals surface area contributed by atoms with Gasteiger partial charge >= 0.3 is 0 Å². The predicted molar refractivity (Wildman–Crippen MR) is 80.0 cm³/mol. The van der Waals surface area contributed by atoms with E-state index in [0.29, 0.717) is 18.0 Å². The van der Waals surface area contributed by atoms with E-state index in [9.17, 15) is 9.59 Å². The number of morpholine rings is 1. The molecule has 7 heteroatoms. The van der Waals surface area contributed by atoms with Crippen molar-refractivity contribution in [3.05, 3.63) is 21.9 Å². The van der Waals surface area contributed by atoms with Crippen LogP contribution in [0.4, 0.5) is 0 Å². The van der Waals surface area contributed by atoms with E-state index in [4.69, 9.17) is 10.5 Å². The van der Waals surface area contributed by atoms with Gasteiger partial charge in [-0.25, -0.2) is 0 Å². The molecule has 0 bridgehead atoms. The normalized spacial score (nSPS) is 17.8. The van der Waals surface area contributed by atoms with Crippen LogP contribution in [0.3, 0.4) is 0 Å². The van der Waals surface area contributed by atoms with Crippen LogP contribution in [0.2, 0.25) is 0 Å². The molecule has 1 aromatic heterocycles. The van der Waals surface area contributed by atoms with Gasteiger partial charge in [0.2, 0.25) is 5.91 Å². The largest absolute Gasteiger partial charge is 0.377 e. The third-order valence-corrected chi connectivity index (χ3v) is 4.06. The lowest BCUT2D eigenvalue weighted by atomic mass is 10.2. The monoisotopic (exact) mass is 307 g/mol. The van der Waals surface area contributed by atoms with Gasteiger partial charge in [0.1, 0.15) is 6.04 Å². The van der Waals surface area contributed by atoms with Crippen molar-refractivity contribution in [3.63, 3.8) is 0 Å². The summed E-state index contributed by atoms with van der Waals surface area (Å²) < 4.78 is 5.29. The number of likely N-dealkylation sites (N-methyl/N-ethyl adjacent to an activating group) is 1. The fraction of sp³-hybridized carbons (Fsp3) is 0.429.